The summed E-state index contributed by atoms with van der Waals surface area (Å²) in [5.41, 5.74) is 0.109. The van der Waals surface area contributed by atoms with Crippen molar-refractivity contribution in [3.63, 3.8) is 0 Å². The lowest BCUT2D eigenvalue weighted by molar-refractivity contribution is 0.0911. The minimum Gasteiger partial charge on any atom is -0.396 e. The Morgan fingerprint density at radius 2 is 2.12 bits per heavy atom. The molecule has 1 aromatic rings. The second-order valence-corrected chi connectivity index (χ2v) is 4.39. The summed E-state index contributed by atoms with van der Waals surface area (Å²) in [6.07, 6.45) is 3.34. The summed E-state index contributed by atoms with van der Waals surface area (Å²) in [4.78, 5) is 19.5. The van der Waals surface area contributed by atoms with Crippen LogP contribution in [0.4, 0.5) is 0 Å². The fourth-order valence-electron chi connectivity index (χ4n) is 1.42. The van der Waals surface area contributed by atoms with Crippen molar-refractivity contribution in [2.24, 2.45) is 5.92 Å². The van der Waals surface area contributed by atoms with E-state index in [0.717, 1.165) is 0 Å². The predicted molar refractivity (Wildman–Crippen MR) is 64.8 cm³/mol. The SMILES string of the molecule is CC(C)C(CCO)NC(=O)c1nccnc1Cl. The number of aliphatic hydroxyl groups is 1. The van der Waals surface area contributed by atoms with Gasteiger partial charge in [-0.2, -0.15) is 0 Å². The first-order valence-corrected chi connectivity index (χ1v) is 5.82. The molecule has 0 saturated heterocycles. The molecule has 0 radical (unpaired) electrons. The maximum atomic E-state index is 11.9. The number of carbonyl (C=O) groups excluding carboxylic acids is 1. The molecule has 0 fully saturated rings. The molecule has 1 amide bonds. The Labute approximate surface area is 105 Å². The minimum absolute atomic E-state index is 0.0251. The zero-order valence-corrected chi connectivity index (χ0v) is 10.6. The van der Waals surface area contributed by atoms with E-state index in [2.05, 4.69) is 15.3 Å². The van der Waals surface area contributed by atoms with Crippen molar-refractivity contribution in [1.82, 2.24) is 15.3 Å². The summed E-state index contributed by atoms with van der Waals surface area (Å²) in [7, 11) is 0. The standard InChI is InChI=1S/C11H16ClN3O2/c1-7(2)8(3-6-16)15-11(17)9-10(12)14-5-4-13-9/h4-5,7-8,16H,3,6H2,1-2H3,(H,15,17). The Morgan fingerprint density at radius 3 is 2.65 bits per heavy atom. The Balaban J connectivity index is 2.74. The van der Waals surface area contributed by atoms with Gasteiger partial charge >= 0.3 is 0 Å². The molecule has 1 unspecified atom stereocenters. The van der Waals surface area contributed by atoms with Gasteiger partial charge in [-0.15, -0.1) is 0 Å². The summed E-state index contributed by atoms with van der Waals surface area (Å²) in [5.74, 6) is -0.142. The van der Waals surface area contributed by atoms with Crippen molar-refractivity contribution in [1.29, 1.82) is 0 Å². The molecular formula is C11H16ClN3O2. The quantitative estimate of drug-likeness (QED) is 0.833. The zero-order valence-electron chi connectivity index (χ0n) is 9.85. The summed E-state index contributed by atoms with van der Waals surface area (Å²) in [5, 5.41) is 11.8. The maximum absolute atomic E-state index is 11.9. The molecule has 0 aliphatic rings. The summed E-state index contributed by atoms with van der Waals surface area (Å²) < 4.78 is 0. The highest BCUT2D eigenvalue weighted by Crippen LogP contribution is 2.11. The van der Waals surface area contributed by atoms with Crippen LogP contribution in [0.1, 0.15) is 30.8 Å². The van der Waals surface area contributed by atoms with Gasteiger partial charge < -0.3 is 10.4 Å². The van der Waals surface area contributed by atoms with Gasteiger partial charge in [-0.25, -0.2) is 9.97 Å². The van der Waals surface area contributed by atoms with Crippen molar-refractivity contribution < 1.29 is 9.90 Å². The number of rotatable bonds is 5. The van der Waals surface area contributed by atoms with Gasteiger partial charge in [0.1, 0.15) is 0 Å². The van der Waals surface area contributed by atoms with Gasteiger partial charge in [0.2, 0.25) is 0 Å². The average molecular weight is 258 g/mol. The normalized spacial score (nSPS) is 12.5. The molecule has 2 N–H and O–H groups in total. The Bertz CT molecular complexity index is 385. The first-order valence-electron chi connectivity index (χ1n) is 5.44. The molecule has 94 valence electrons. The number of halogens is 1. The number of nitrogens with one attached hydrogen (secondary N) is 1. The second kappa shape index (κ2) is 6.51. The molecule has 0 aromatic carbocycles. The monoisotopic (exact) mass is 257 g/mol. The fraction of sp³-hybridized carbons (Fsp3) is 0.545. The van der Waals surface area contributed by atoms with Crippen molar-refractivity contribution in [3.8, 4) is 0 Å². The number of amides is 1. The molecule has 0 saturated carbocycles. The lowest BCUT2D eigenvalue weighted by Crippen LogP contribution is -2.39. The van der Waals surface area contributed by atoms with Crippen LogP contribution >= 0.6 is 11.6 Å². The van der Waals surface area contributed by atoms with Crippen LogP contribution in [0.5, 0.6) is 0 Å². The molecule has 1 aromatic heterocycles. The predicted octanol–water partition coefficient (Wildman–Crippen LogP) is 1.27. The third kappa shape index (κ3) is 3.94. The Morgan fingerprint density at radius 1 is 1.47 bits per heavy atom. The van der Waals surface area contributed by atoms with Crippen LogP contribution in [0, 0.1) is 5.92 Å². The van der Waals surface area contributed by atoms with Gasteiger partial charge in [-0.3, -0.25) is 4.79 Å². The van der Waals surface area contributed by atoms with Crippen molar-refractivity contribution in [2.45, 2.75) is 26.3 Å². The van der Waals surface area contributed by atoms with Crippen LogP contribution < -0.4 is 5.32 Å². The molecule has 0 bridgehead atoms. The Hall–Kier alpha value is -1.20. The van der Waals surface area contributed by atoms with E-state index in [1.807, 2.05) is 13.8 Å². The minimum atomic E-state index is -0.366. The molecule has 17 heavy (non-hydrogen) atoms. The van der Waals surface area contributed by atoms with E-state index in [-0.39, 0.29) is 35.3 Å². The first-order chi connectivity index (χ1) is 8.06. The van der Waals surface area contributed by atoms with Crippen molar-refractivity contribution in [2.75, 3.05) is 6.61 Å². The van der Waals surface area contributed by atoms with E-state index in [0.29, 0.717) is 6.42 Å². The van der Waals surface area contributed by atoms with E-state index in [9.17, 15) is 4.79 Å². The van der Waals surface area contributed by atoms with Crippen LogP contribution in [0.25, 0.3) is 0 Å². The Kier molecular flexibility index (Phi) is 5.31. The molecule has 1 atom stereocenters. The second-order valence-electron chi connectivity index (χ2n) is 4.03. The number of carbonyl (C=O) groups is 1. The largest absolute Gasteiger partial charge is 0.396 e. The van der Waals surface area contributed by atoms with Crippen LogP contribution in [0.15, 0.2) is 12.4 Å². The van der Waals surface area contributed by atoms with E-state index in [1.54, 1.807) is 0 Å². The van der Waals surface area contributed by atoms with Gasteiger partial charge in [-0.05, 0) is 12.3 Å². The van der Waals surface area contributed by atoms with Crippen LogP contribution in [-0.4, -0.2) is 33.6 Å². The molecule has 1 rings (SSSR count). The average Bonchev–Trinajstić information content (AvgIpc) is 2.28. The third-order valence-electron chi connectivity index (χ3n) is 2.43. The van der Waals surface area contributed by atoms with Gasteiger partial charge in [0, 0.05) is 25.0 Å². The lowest BCUT2D eigenvalue weighted by Gasteiger charge is -2.21. The van der Waals surface area contributed by atoms with Crippen LogP contribution in [-0.2, 0) is 0 Å². The van der Waals surface area contributed by atoms with E-state index in [4.69, 9.17) is 16.7 Å². The van der Waals surface area contributed by atoms with Gasteiger partial charge in [0.05, 0.1) is 0 Å². The molecule has 0 spiro atoms. The highest BCUT2D eigenvalue weighted by atomic mass is 35.5. The van der Waals surface area contributed by atoms with Crippen LogP contribution in [0.3, 0.4) is 0 Å². The third-order valence-corrected chi connectivity index (χ3v) is 2.71. The molecule has 0 aliphatic heterocycles. The fourth-order valence-corrected chi connectivity index (χ4v) is 1.61. The highest BCUT2D eigenvalue weighted by molar-refractivity contribution is 6.32. The molecule has 6 heteroatoms. The summed E-state index contributed by atoms with van der Waals surface area (Å²) in [6, 6.07) is -0.106. The van der Waals surface area contributed by atoms with E-state index in [1.165, 1.54) is 12.4 Å². The van der Waals surface area contributed by atoms with Gasteiger partial charge in [0.25, 0.3) is 5.91 Å². The zero-order chi connectivity index (χ0) is 12.8. The van der Waals surface area contributed by atoms with Gasteiger partial charge in [0.15, 0.2) is 10.8 Å². The molecule has 1 heterocycles. The maximum Gasteiger partial charge on any atom is 0.273 e. The smallest absolute Gasteiger partial charge is 0.273 e. The van der Waals surface area contributed by atoms with Crippen molar-refractivity contribution in [3.05, 3.63) is 23.2 Å². The topological polar surface area (TPSA) is 75.1 Å². The first kappa shape index (κ1) is 13.9. The van der Waals surface area contributed by atoms with Gasteiger partial charge in [-0.1, -0.05) is 25.4 Å². The number of hydrogen-bond donors (Lipinski definition) is 2. The lowest BCUT2D eigenvalue weighted by atomic mass is 10.0. The molecule has 5 nitrogen and oxygen atoms in total. The van der Waals surface area contributed by atoms with Crippen LogP contribution in [0.2, 0.25) is 5.15 Å². The van der Waals surface area contributed by atoms with Crippen molar-refractivity contribution >= 4 is 17.5 Å². The number of aromatic nitrogens is 2. The molecule has 0 aliphatic carbocycles. The number of aliphatic hydroxyl groups excluding tert-OH is 1. The summed E-state index contributed by atoms with van der Waals surface area (Å²) in [6.45, 7) is 3.97. The van der Waals surface area contributed by atoms with E-state index < -0.39 is 0 Å². The number of hydrogen-bond acceptors (Lipinski definition) is 4. The van der Waals surface area contributed by atoms with E-state index >= 15 is 0 Å². The summed E-state index contributed by atoms with van der Waals surface area (Å²) >= 11 is 5.78. The number of nitrogens with zero attached hydrogens (tertiary/aromatic N) is 2. The molecular weight excluding hydrogens is 242 g/mol. The highest BCUT2D eigenvalue weighted by Gasteiger charge is 2.19.